The summed E-state index contributed by atoms with van der Waals surface area (Å²) in [5, 5.41) is 0. The fourth-order valence-electron chi connectivity index (χ4n) is 2.50. The molecular weight excluding hydrogens is 222 g/mol. The Morgan fingerprint density at radius 1 is 0.944 bits per heavy atom. The van der Waals surface area contributed by atoms with Crippen molar-refractivity contribution in [3.63, 3.8) is 0 Å². The van der Waals surface area contributed by atoms with E-state index in [1.807, 2.05) is 72.5 Å². The second kappa shape index (κ2) is 3.98. The smallest absolute Gasteiger partial charge is 0.239 e. The topological polar surface area (TPSA) is 20.3 Å². The van der Waals surface area contributed by atoms with Crippen molar-refractivity contribution in [1.82, 2.24) is 0 Å². The lowest BCUT2D eigenvalue weighted by atomic mass is 9.74. The molecule has 1 amide bonds. The molecule has 1 aliphatic rings. The molecule has 2 aromatic carbocycles. The molecule has 1 unspecified atom stereocenters. The molecule has 90 valence electrons. The third-order valence-corrected chi connectivity index (χ3v) is 3.67. The van der Waals surface area contributed by atoms with Crippen molar-refractivity contribution in [1.29, 1.82) is 0 Å². The average Bonchev–Trinajstić information content (AvgIpc) is 2.46. The van der Waals surface area contributed by atoms with E-state index in [4.69, 9.17) is 0 Å². The first kappa shape index (κ1) is 11.0. The molecule has 1 saturated heterocycles. The van der Waals surface area contributed by atoms with Crippen LogP contribution in [-0.4, -0.2) is 12.5 Å². The Labute approximate surface area is 107 Å². The molecule has 1 atom stereocenters. The number of anilines is 1. The monoisotopic (exact) mass is 237 g/mol. The van der Waals surface area contributed by atoms with Crippen molar-refractivity contribution < 1.29 is 4.79 Å². The van der Waals surface area contributed by atoms with Crippen molar-refractivity contribution in [3.8, 4) is 0 Å². The minimum absolute atomic E-state index is 0.180. The van der Waals surface area contributed by atoms with Gasteiger partial charge in [0.05, 0.1) is 5.41 Å². The van der Waals surface area contributed by atoms with Crippen LogP contribution in [0.4, 0.5) is 5.69 Å². The predicted molar refractivity (Wildman–Crippen MR) is 72.6 cm³/mol. The van der Waals surface area contributed by atoms with E-state index >= 15 is 0 Å². The van der Waals surface area contributed by atoms with Gasteiger partial charge in [0, 0.05) is 12.2 Å². The van der Waals surface area contributed by atoms with Crippen LogP contribution in [0.3, 0.4) is 0 Å². The summed E-state index contributed by atoms with van der Waals surface area (Å²) < 4.78 is 0. The highest BCUT2D eigenvalue weighted by Gasteiger charge is 2.49. The summed E-state index contributed by atoms with van der Waals surface area (Å²) in [5.41, 5.74) is 1.72. The van der Waals surface area contributed by atoms with Crippen LogP contribution in [-0.2, 0) is 10.2 Å². The quantitative estimate of drug-likeness (QED) is 0.735. The number of para-hydroxylation sites is 1. The highest BCUT2D eigenvalue weighted by molar-refractivity contribution is 6.08. The van der Waals surface area contributed by atoms with Crippen molar-refractivity contribution in [2.24, 2.45) is 0 Å². The number of rotatable bonds is 2. The lowest BCUT2D eigenvalue weighted by Crippen LogP contribution is -2.63. The third kappa shape index (κ3) is 1.53. The summed E-state index contributed by atoms with van der Waals surface area (Å²) in [6, 6.07) is 19.8. The molecule has 2 nitrogen and oxygen atoms in total. The van der Waals surface area contributed by atoms with Gasteiger partial charge in [0.25, 0.3) is 0 Å². The standard InChI is InChI=1S/C16H15NO/c1-16(13-8-4-2-5-9-13)12-17(15(16)18)14-10-6-3-7-11-14/h2-11H,12H2,1H3. The Kier molecular flexibility index (Phi) is 2.44. The van der Waals surface area contributed by atoms with E-state index in [9.17, 15) is 4.79 Å². The summed E-state index contributed by atoms with van der Waals surface area (Å²) in [5.74, 6) is 0.180. The van der Waals surface area contributed by atoms with Gasteiger partial charge >= 0.3 is 0 Å². The maximum Gasteiger partial charge on any atom is 0.239 e. The number of hydrogen-bond donors (Lipinski definition) is 0. The summed E-state index contributed by atoms with van der Waals surface area (Å²) in [6.07, 6.45) is 0. The summed E-state index contributed by atoms with van der Waals surface area (Å²) in [4.78, 5) is 14.3. The Balaban J connectivity index is 1.87. The predicted octanol–water partition coefficient (Wildman–Crippen LogP) is 2.99. The SMILES string of the molecule is CC1(c2ccccc2)CN(c2ccccc2)C1=O. The number of carbonyl (C=O) groups is 1. The molecule has 2 heteroatoms. The molecule has 0 bridgehead atoms. The Bertz CT molecular complexity index is 564. The Hall–Kier alpha value is -2.09. The van der Waals surface area contributed by atoms with Gasteiger partial charge in [-0.15, -0.1) is 0 Å². The lowest BCUT2D eigenvalue weighted by Gasteiger charge is -2.47. The maximum absolute atomic E-state index is 12.4. The van der Waals surface area contributed by atoms with E-state index in [0.717, 1.165) is 17.8 Å². The minimum Gasteiger partial charge on any atom is -0.310 e. The first-order valence-electron chi connectivity index (χ1n) is 6.14. The van der Waals surface area contributed by atoms with Gasteiger partial charge < -0.3 is 4.90 Å². The lowest BCUT2D eigenvalue weighted by molar-refractivity contribution is -0.128. The van der Waals surface area contributed by atoms with Gasteiger partial charge in [0.2, 0.25) is 5.91 Å². The van der Waals surface area contributed by atoms with Crippen LogP contribution < -0.4 is 4.90 Å². The number of nitrogens with zero attached hydrogens (tertiary/aromatic N) is 1. The molecule has 0 saturated carbocycles. The summed E-state index contributed by atoms with van der Waals surface area (Å²) in [6.45, 7) is 2.77. The van der Waals surface area contributed by atoms with E-state index < -0.39 is 0 Å². The fraction of sp³-hybridized carbons (Fsp3) is 0.188. The number of β-lactam (4-membered cyclic amide) rings is 1. The van der Waals surface area contributed by atoms with E-state index in [2.05, 4.69) is 0 Å². The zero-order valence-electron chi connectivity index (χ0n) is 10.3. The molecule has 3 rings (SSSR count). The van der Waals surface area contributed by atoms with Gasteiger partial charge in [0.15, 0.2) is 0 Å². The van der Waals surface area contributed by atoms with E-state index in [-0.39, 0.29) is 11.3 Å². The van der Waals surface area contributed by atoms with Gasteiger partial charge in [-0.05, 0) is 24.6 Å². The first-order valence-corrected chi connectivity index (χ1v) is 6.14. The van der Waals surface area contributed by atoms with Crippen molar-refractivity contribution >= 4 is 11.6 Å². The molecule has 18 heavy (non-hydrogen) atoms. The van der Waals surface area contributed by atoms with Crippen LogP contribution in [0.15, 0.2) is 60.7 Å². The van der Waals surface area contributed by atoms with E-state index in [1.54, 1.807) is 0 Å². The van der Waals surface area contributed by atoms with E-state index in [0.29, 0.717) is 0 Å². The second-order valence-corrected chi connectivity index (χ2v) is 4.92. The molecule has 0 aliphatic carbocycles. The first-order chi connectivity index (χ1) is 8.72. The normalized spacial score (nSPS) is 22.7. The third-order valence-electron chi connectivity index (χ3n) is 3.67. The number of hydrogen-bond acceptors (Lipinski definition) is 1. The molecule has 1 heterocycles. The number of benzene rings is 2. The van der Waals surface area contributed by atoms with E-state index in [1.165, 1.54) is 0 Å². The molecule has 1 aliphatic heterocycles. The largest absolute Gasteiger partial charge is 0.310 e. The van der Waals surface area contributed by atoms with Gasteiger partial charge in [-0.1, -0.05) is 48.5 Å². The van der Waals surface area contributed by atoms with Crippen LogP contribution in [0.5, 0.6) is 0 Å². The highest BCUT2D eigenvalue weighted by atomic mass is 16.2. The fourth-order valence-corrected chi connectivity index (χ4v) is 2.50. The van der Waals surface area contributed by atoms with Gasteiger partial charge in [-0.2, -0.15) is 0 Å². The molecule has 0 spiro atoms. The maximum atomic E-state index is 12.4. The van der Waals surface area contributed by atoms with Gasteiger partial charge in [-0.25, -0.2) is 0 Å². The van der Waals surface area contributed by atoms with Gasteiger partial charge in [-0.3, -0.25) is 4.79 Å². The molecular formula is C16H15NO. The van der Waals surface area contributed by atoms with Crippen LogP contribution in [0.1, 0.15) is 12.5 Å². The highest BCUT2D eigenvalue weighted by Crippen LogP contribution is 2.38. The van der Waals surface area contributed by atoms with Gasteiger partial charge in [0.1, 0.15) is 0 Å². The van der Waals surface area contributed by atoms with Crippen molar-refractivity contribution in [2.45, 2.75) is 12.3 Å². The Morgan fingerprint density at radius 2 is 1.50 bits per heavy atom. The molecule has 1 fully saturated rings. The Morgan fingerprint density at radius 3 is 2.06 bits per heavy atom. The minimum atomic E-state index is -0.364. The van der Waals surface area contributed by atoms with Crippen LogP contribution in [0.25, 0.3) is 0 Å². The zero-order valence-corrected chi connectivity index (χ0v) is 10.3. The van der Waals surface area contributed by atoms with Crippen LogP contribution >= 0.6 is 0 Å². The van der Waals surface area contributed by atoms with Crippen molar-refractivity contribution in [2.75, 3.05) is 11.4 Å². The molecule has 2 aromatic rings. The van der Waals surface area contributed by atoms with Crippen LogP contribution in [0, 0.1) is 0 Å². The zero-order chi connectivity index (χ0) is 12.6. The average molecular weight is 237 g/mol. The molecule has 0 radical (unpaired) electrons. The number of amides is 1. The number of carbonyl (C=O) groups excluding carboxylic acids is 1. The second-order valence-electron chi connectivity index (χ2n) is 4.92. The van der Waals surface area contributed by atoms with Crippen LogP contribution in [0.2, 0.25) is 0 Å². The molecule has 0 N–H and O–H groups in total. The summed E-state index contributed by atoms with van der Waals surface area (Å²) in [7, 11) is 0. The van der Waals surface area contributed by atoms with Crippen molar-refractivity contribution in [3.05, 3.63) is 66.2 Å². The molecule has 0 aromatic heterocycles. The summed E-state index contributed by atoms with van der Waals surface area (Å²) >= 11 is 0.